The maximum atomic E-state index is 12.7. The highest BCUT2D eigenvalue weighted by Crippen LogP contribution is 2.24. The van der Waals surface area contributed by atoms with Crippen molar-refractivity contribution in [2.75, 3.05) is 13.1 Å². The Kier molecular flexibility index (Phi) is 4.88. The quantitative estimate of drug-likeness (QED) is 0.891. The lowest BCUT2D eigenvalue weighted by atomic mass is 10.1. The molecule has 1 unspecified atom stereocenters. The zero-order valence-electron chi connectivity index (χ0n) is 11.5. The summed E-state index contributed by atoms with van der Waals surface area (Å²) in [6.07, 6.45) is 2.71. The molecule has 2 aromatic rings. The van der Waals surface area contributed by atoms with Crippen molar-refractivity contribution in [3.63, 3.8) is 0 Å². The predicted octanol–water partition coefficient (Wildman–Crippen LogP) is 1.49. The highest BCUT2D eigenvalue weighted by atomic mass is 35.5. The summed E-state index contributed by atoms with van der Waals surface area (Å²) in [4.78, 5) is 7.10. The summed E-state index contributed by atoms with van der Waals surface area (Å²) in [5.74, 6) is 0. The smallest absolute Gasteiger partial charge is 0.277 e. The van der Waals surface area contributed by atoms with E-state index in [1.807, 2.05) is 18.2 Å². The minimum absolute atomic E-state index is 0. The summed E-state index contributed by atoms with van der Waals surface area (Å²) in [6, 6.07) is 7.17. The lowest BCUT2D eigenvalue weighted by Crippen LogP contribution is -2.47. The van der Waals surface area contributed by atoms with Gasteiger partial charge in [-0.15, -0.1) is 12.4 Å². The lowest BCUT2D eigenvalue weighted by Gasteiger charge is -2.32. The molecule has 1 aromatic carbocycles. The van der Waals surface area contributed by atoms with Gasteiger partial charge in [-0.1, -0.05) is 18.6 Å². The van der Waals surface area contributed by atoms with E-state index in [0.717, 1.165) is 24.8 Å². The number of benzene rings is 1. The fourth-order valence-corrected chi connectivity index (χ4v) is 4.32. The van der Waals surface area contributed by atoms with Gasteiger partial charge in [0.05, 0.1) is 11.0 Å². The van der Waals surface area contributed by atoms with Crippen molar-refractivity contribution in [2.24, 2.45) is 5.73 Å². The number of rotatable bonds is 3. The first-order chi connectivity index (χ1) is 9.63. The Labute approximate surface area is 130 Å². The summed E-state index contributed by atoms with van der Waals surface area (Å²) in [5, 5.41) is 0.0130. The third kappa shape index (κ3) is 2.91. The minimum Gasteiger partial charge on any atom is -0.329 e. The van der Waals surface area contributed by atoms with Gasteiger partial charge in [0.15, 0.2) is 0 Å². The van der Waals surface area contributed by atoms with Crippen molar-refractivity contribution in [1.29, 1.82) is 0 Å². The van der Waals surface area contributed by atoms with Crippen molar-refractivity contribution < 1.29 is 8.42 Å². The Morgan fingerprint density at radius 1 is 1.33 bits per heavy atom. The van der Waals surface area contributed by atoms with E-state index in [4.69, 9.17) is 5.73 Å². The fraction of sp³-hybridized carbons (Fsp3) is 0.462. The summed E-state index contributed by atoms with van der Waals surface area (Å²) in [5.41, 5.74) is 7.10. The average Bonchev–Trinajstić information content (AvgIpc) is 2.92. The van der Waals surface area contributed by atoms with E-state index >= 15 is 0 Å². The molecule has 6 nitrogen and oxygen atoms in total. The maximum absolute atomic E-state index is 12.7. The molecule has 3 N–H and O–H groups in total. The Bertz CT molecular complexity index is 683. The van der Waals surface area contributed by atoms with Gasteiger partial charge in [0.2, 0.25) is 5.16 Å². The van der Waals surface area contributed by atoms with Gasteiger partial charge in [0.25, 0.3) is 10.0 Å². The van der Waals surface area contributed by atoms with Crippen molar-refractivity contribution in [1.82, 2.24) is 14.3 Å². The molecule has 0 amide bonds. The average molecular weight is 331 g/mol. The molecule has 0 radical (unpaired) electrons. The van der Waals surface area contributed by atoms with Crippen LogP contribution >= 0.6 is 12.4 Å². The van der Waals surface area contributed by atoms with E-state index < -0.39 is 10.0 Å². The minimum atomic E-state index is -3.60. The molecule has 3 rings (SSSR count). The van der Waals surface area contributed by atoms with Crippen LogP contribution in [0.25, 0.3) is 11.0 Å². The van der Waals surface area contributed by atoms with Gasteiger partial charge < -0.3 is 10.7 Å². The molecular formula is C13H19ClN4O2S. The van der Waals surface area contributed by atoms with Crippen molar-refractivity contribution in [3.05, 3.63) is 24.3 Å². The molecule has 1 aromatic heterocycles. The second-order valence-corrected chi connectivity index (χ2v) is 6.87. The predicted molar refractivity (Wildman–Crippen MR) is 83.9 cm³/mol. The maximum Gasteiger partial charge on any atom is 0.277 e. The van der Waals surface area contributed by atoms with E-state index in [2.05, 4.69) is 9.97 Å². The van der Waals surface area contributed by atoms with Crippen LogP contribution in [0.4, 0.5) is 0 Å². The third-order valence-corrected chi connectivity index (χ3v) is 5.55. The number of para-hydroxylation sites is 2. The molecule has 116 valence electrons. The molecule has 0 aliphatic carbocycles. The molecule has 1 aliphatic rings. The van der Waals surface area contributed by atoms with Gasteiger partial charge in [-0.05, 0) is 25.0 Å². The van der Waals surface area contributed by atoms with Crippen LogP contribution < -0.4 is 5.73 Å². The molecule has 0 spiro atoms. The van der Waals surface area contributed by atoms with Gasteiger partial charge in [-0.25, -0.2) is 13.4 Å². The zero-order valence-corrected chi connectivity index (χ0v) is 13.2. The number of halogens is 1. The number of imidazole rings is 1. The van der Waals surface area contributed by atoms with Gasteiger partial charge in [-0.3, -0.25) is 0 Å². The Hall–Kier alpha value is -1.15. The number of fused-ring (bicyclic) bond motifs is 1. The number of piperidine rings is 1. The van der Waals surface area contributed by atoms with Gasteiger partial charge in [0.1, 0.15) is 0 Å². The van der Waals surface area contributed by atoms with Crippen LogP contribution in [0.2, 0.25) is 0 Å². The molecular weight excluding hydrogens is 312 g/mol. The first kappa shape index (κ1) is 16.2. The highest BCUT2D eigenvalue weighted by Gasteiger charge is 2.34. The topological polar surface area (TPSA) is 92.1 Å². The monoisotopic (exact) mass is 330 g/mol. The van der Waals surface area contributed by atoms with E-state index in [9.17, 15) is 8.42 Å². The van der Waals surface area contributed by atoms with Crippen LogP contribution in [0.15, 0.2) is 29.4 Å². The van der Waals surface area contributed by atoms with E-state index in [0.29, 0.717) is 18.6 Å². The van der Waals surface area contributed by atoms with Crippen molar-refractivity contribution in [3.8, 4) is 0 Å². The van der Waals surface area contributed by atoms with Crippen LogP contribution in [-0.2, 0) is 10.0 Å². The number of hydrogen-bond donors (Lipinski definition) is 2. The SMILES string of the molecule is Cl.NCC1CCCCN1S(=O)(=O)c1nc2ccccc2[nH]1. The molecule has 1 atom stereocenters. The van der Waals surface area contributed by atoms with Gasteiger partial charge >= 0.3 is 0 Å². The van der Waals surface area contributed by atoms with Crippen LogP contribution in [0, 0.1) is 0 Å². The van der Waals surface area contributed by atoms with E-state index in [1.165, 1.54) is 4.31 Å². The number of nitrogens with one attached hydrogen (secondary N) is 1. The number of aromatic amines is 1. The van der Waals surface area contributed by atoms with Gasteiger partial charge in [-0.2, -0.15) is 4.31 Å². The Morgan fingerprint density at radius 3 is 2.81 bits per heavy atom. The number of nitrogens with zero attached hydrogens (tertiary/aromatic N) is 2. The van der Waals surface area contributed by atoms with Crippen molar-refractivity contribution >= 4 is 33.5 Å². The number of H-pyrrole nitrogens is 1. The molecule has 2 heterocycles. The summed E-state index contributed by atoms with van der Waals surface area (Å²) < 4.78 is 26.9. The summed E-state index contributed by atoms with van der Waals surface area (Å²) >= 11 is 0. The van der Waals surface area contributed by atoms with E-state index in [1.54, 1.807) is 6.07 Å². The number of nitrogens with two attached hydrogens (primary N) is 1. The van der Waals surface area contributed by atoms with Crippen LogP contribution in [0.3, 0.4) is 0 Å². The summed E-state index contributed by atoms with van der Waals surface area (Å²) in [6.45, 7) is 0.862. The normalized spacial score (nSPS) is 20.3. The second kappa shape index (κ2) is 6.31. The molecule has 0 saturated carbocycles. The second-order valence-electron chi connectivity index (χ2n) is 5.06. The highest BCUT2D eigenvalue weighted by molar-refractivity contribution is 7.89. The molecule has 21 heavy (non-hydrogen) atoms. The standard InChI is InChI=1S/C13H18N4O2S.ClH/c14-9-10-5-3-4-8-17(10)20(18,19)13-15-11-6-1-2-7-12(11)16-13;/h1-2,6-7,10H,3-5,8-9,14H2,(H,15,16);1H. The largest absolute Gasteiger partial charge is 0.329 e. The fourth-order valence-electron chi connectivity index (χ4n) is 2.69. The molecule has 8 heteroatoms. The van der Waals surface area contributed by atoms with Crippen molar-refractivity contribution in [2.45, 2.75) is 30.5 Å². The molecule has 1 aliphatic heterocycles. The van der Waals surface area contributed by atoms with E-state index in [-0.39, 0.29) is 23.6 Å². The number of hydrogen-bond acceptors (Lipinski definition) is 4. The Morgan fingerprint density at radius 2 is 2.10 bits per heavy atom. The first-order valence-electron chi connectivity index (χ1n) is 6.79. The number of aromatic nitrogens is 2. The number of sulfonamides is 1. The van der Waals surface area contributed by atoms with Gasteiger partial charge in [0, 0.05) is 19.1 Å². The molecule has 0 bridgehead atoms. The lowest BCUT2D eigenvalue weighted by molar-refractivity contribution is 0.256. The summed E-state index contributed by atoms with van der Waals surface area (Å²) in [7, 11) is -3.60. The van der Waals surface area contributed by atoms with Crippen LogP contribution in [0.1, 0.15) is 19.3 Å². The molecule has 1 fully saturated rings. The zero-order chi connectivity index (χ0) is 14.2. The third-order valence-electron chi connectivity index (χ3n) is 3.77. The Balaban J connectivity index is 0.00000161. The van der Waals surface area contributed by atoms with Crippen LogP contribution in [-0.4, -0.2) is 41.8 Å². The van der Waals surface area contributed by atoms with Crippen LogP contribution in [0.5, 0.6) is 0 Å². The molecule has 1 saturated heterocycles. The first-order valence-corrected chi connectivity index (χ1v) is 8.23.